The van der Waals surface area contributed by atoms with Crippen molar-refractivity contribution in [2.45, 2.75) is 25.8 Å². The van der Waals surface area contributed by atoms with E-state index in [1.165, 1.54) is 0 Å². The molecule has 2 amide bonds. The number of rotatable bonds is 3. The lowest BCUT2D eigenvalue weighted by molar-refractivity contribution is -0.789. The van der Waals surface area contributed by atoms with Crippen LogP contribution < -0.4 is 0 Å². The molecule has 1 fully saturated rings. The number of benzene rings is 1. The number of quaternary nitrogens is 1. The van der Waals surface area contributed by atoms with Gasteiger partial charge in [0.15, 0.2) is 5.78 Å². The van der Waals surface area contributed by atoms with Gasteiger partial charge in [-0.05, 0) is 13.0 Å². The van der Waals surface area contributed by atoms with Gasteiger partial charge in [-0.25, -0.2) is 4.79 Å². The van der Waals surface area contributed by atoms with Crippen LogP contribution in [0.4, 0.5) is 4.79 Å². The lowest BCUT2D eigenvalue weighted by atomic mass is 10.1. The predicted molar refractivity (Wildman–Crippen MR) is 76.8 cm³/mol. The first-order valence-corrected chi connectivity index (χ1v) is 6.91. The summed E-state index contributed by atoms with van der Waals surface area (Å²) in [5.74, 6) is -0.851. The predicted octanol–water partition coefficient (Wildman–Crippen LogP) is 2.63. The molecule has 0 aliphatic carbocycles. The Balaban J connectivity index is 2.19. The highest BCUT2D eigenvalue weighted by molar-refractivity contribution is 6.07. The first kappa shape index (κ1) is 15.1. The highest BCUT2D eigenvalue weighted by atomic mass is 16.4. The van der Waals surface area contributed by atoms with Crippen LogP contribution in [0, 0.1) is 0 Å². The summed E-state index contributed by atoms with van der Waals surface area (Å²) in [6.07, 6.45) is 2.50. The molecule has 0 spiro atoms. The van der Waals surface area contributed by atoms with Crippen LogP contribution in [0.2, 0.25) is 0 Å². The first-order valence-electron chi connectivity index (χ1n) is 6.91. The van der Waals surface area contributed by atoms with Crippen molar-refractivity contribution in [1.29, 1.82) is 0 Å². The van der Waals surface area contributed by atoms with Gasteiger partial charge in [-0.15, -0.1) is 0 Å². The third kappa shape index (κ3) is 2.78. The van der Waals surface area contributed by atoms with Gasteiger partial charge < -0.3 is 5.11 Å². The summed E-state index contributed by atoms with van der Waals surface area (Å²) >= 11 is 0. The topological polar surface area (TPSA) is 71.4 Å². The molecule has 1 aromatic rings. The van der Waals surface area contributed by atoms with E-state index in [0.717, 1.165) is 12.2 Å². The molecule has 1 saturated heterocycles. The molecule has 0 aromatic heterocycles. The van der Waals surface area contributed by atoms with Gasteiger partial charge in [0.25, 0.3) is 0 Å². The minimum atomic E-state index is -1.15. The average molecular weight is 288 g/mol. The number of carbonyl (C=O) groups excluding carboxylic acids is 2. The second kappa shape index (κ2) is 6.01. The van der Waals surface area contributed by atoms with Gasteiger partial charge in [-0.1, -0.05) is 30.3 Å². The molecule has 0 radical (unpaired) electrons. The zero-order valence-corrected chi connectivity index (χ0v) is 11.9. The fourth-order valence-electron chi connectivity index (χ4n) is 2.76. The number of ketones is 1. The van der Waals surface area contributed by atoms with Crippen LogP contribution in [-0.2, 0) is 4.79 Å². The number of carbonyl (C=O) groups is 3. The molecule has 1 aliphatic heterocycles. The van der Waals surface area contributed by atoms with Gasteiger partial charge >= 0.3 is 12.0 Å². The van der Waals surface area contributed by atoms with Crippen molar-refractivity contribution in [3.63, 3.8) is 0 Å². The quantitative estimate of drug-likeness (QED) is 0.527. The van der Waals surface area contributed by atoms with Crippen LogP contribution in [0.1, 0.15) is 30.1 Å². The summed E-state index contributed by atoms with van der Waals surface area (Å²) < 4.78 is -0.613. The Hall–Kier alpha value is -2.27. The van der Waals surface area contributed by atoms with E-state index in [2.05, 4.69) is 0 Å². The Kier molecular flexibility index (Phi) is 4.33. The molecule has 1 aliphatic rings. The number of imide groups is 1. The fraction of sp³-hybridized carbons (Fsp3) is 0.312. The van der Waals surface area contributed by atoms with Crippen LogP contribution in [0.15, 0.2) is 42.5 Å². The molecule has 0 saturated carbocycles. The number of amides is 2. The van der Waals surface area contributed by atoms with Crippen LogP contribution in [0.5, 0.6) is 0 Å². The highest BCUT2D eigenvalue weighted by Crippen LogP contribution is 2.28. The maximum Gasteiger partial charge on any atom is 0.521 e. The van der Waals surface area contributed by atoms with Gasteiger partial charge in [-0.2, -0.15) is 9.28 Å². The molecule has 21 heavy (non-hydrogen) atoms. The standard InChI is InChI=1S/C16H17NO4/c1-12-6-5-11-17(12,16(20)21)15(19)10-9-14(18)13-7-3-2-4-8-13/h2-4,7-10,12H,5-6,11H2,1H3/p+1/t12-,17?/m1/s1. The summed E-state index contributed by atoms with van der Waals surface area (Å²) in [6.45, 7) is 2.03. The van der Waals surface area contributed by atoms with Gasteiger partial charge in [0.2, 0.25) is 0 Å². The van der Waals surface area contributed by atoms with E-state index in [1.54, 1.807) is 37.3 Å². The monoisotopic (exact) mass is 288 g/mol. The minimum Gasteiger partial charge on any atom is -0.435 e. The molecule has 110 valence electrons. The summed E-state index contributed by atoms with van der Waals surface area (Å²) in [5.41, 5.74) is 0.470. The summed E-state index contributed by atoms with van der Waals surface area (Å²) in [5, 5.41) is 9.42. The van der Waals surface area contributed by atoms with E-state index in [0.29, 0.717) is 18.4 Å². The third-order valence-electron chi connectivity index (χ3n) is 4.06. The molecule has 2 atom stereocenters. The first-order chi connectivity index (χ1) is 9.98. The van der Waals surface area contributed by atoms with Crippen molar-refractivity contribution in [2.24, 2.45) is 0 Å². The number of nitrogens with zero attached hydrogens (tertiary/aromatic N) is 1. The lowest BCUT2D eigenvalue weighted by Gasteiger charge is -2.28. The normalized spacial score (nSPS) is 25.1. The number of carboxylic acid groups (broad SMARTS) is 1. The SMILES string of the molecule is C[C@@H]1CCC[N+]1(C(=O)O)C(=O)C=CC(=O)c1ccccc1. The van der Waals surface area contributed by atoms with Crippen molar-refractivity contribution < 1.29 is 24.0 Å². The van der Waals surface area contributed by atoms with Gasteiger partial charge in [0.1, 0.15) is 6.04 Å². The second-order valence-corrected chi connectivity index (χ2v) is 5.27. The van der Waals surface area contributed by atoms with E-state index in [1.807, 2.05) is 0 Å². The second-order valence-electron chi connectivity index (χ2n) is 5.27. The Morgan fingerprint density at radius 2 is 1.86 bits per heavy atom. The molecule has 5 nitrogen and oxygen atoms in total. The zero-order chi connectivity index (χ0) is 15.5. The Labute approximate surface area is 123 Å². The molecule has 1 heterocycles. The maximum atomic E-state index is 12.3. The molecule has 5 heteroatoms. The van der Waals surface area contributed by atoms with Crippen LogP contribution >= 0.6 is 0 Å². The van der Waals surface area contributed by atoms with Crippen molar-refractivity contribution in [3.8, 4) is 0 Å². The molecule has 1 N–H and O–H groups in total. The molecule has 2 rings (SSSR count). The molecule has 1 unspecified atom stereocenters. The highest BCUT2D eigenvalue weighted by Gasteiger charge is 2.51. The smallest absolute Gasteiger partial charge is 0.435 e. The van der Waals surface area contributed by atoms with E-state index < -0.39 is 16.5 Å². The van der Waals surface area contributed by atoms with Crippen molar-refractivity contribution in [3.05, 3.63) is 48.0 Å². The van der Waals surface area contributed by atoms with Gasteiger partial charge in [0.05, 0.1) is 6.54 Å². The Morgan fingerprint density at radius 3 is 2.38 bits per heavy atom. The largest absolute Gasteiger partial charge is 0.521 e. The number of allylic oxidation sites excluding steroid dienone is 1. The van der Waals surface area contributed by atoms with Gasteiger partial charge in [0, 0.05) is 24.5 Å². The van der Waals surface area contributed by atoms with Crippen LogP contribution in [0.25, 0.3) is 0 Å². The Bertz CT molecular complexity index is 594. The van der Waals surface area contributed by atoms with Crippen LogP contribution in [0.3, 0.4) is 0 Å². The van der Waals surface area contributed by atoms with Crippen molar-refractivity contribution >= 4 is 17.8 Å². The Morgan fingerprint density at radius 1 is 1.19 bits per heavy atom. The lowest BCUT2D eigenvalue weighted by Crippen LogP contribution is -2.57. The molecular formula is C16H18NO4+. The molecule has 1 aromatic carbocycles. The summed E-state index contributed by atoms with van der Waals surface area (Å²) in [4.78, 5) is 35.8. The van der Waals surface area contributed by atoms with E-state index >= 15 is 0 Å². The van der Waals surface area contributed by atoms with E-state index in [4.69, 9.17) is 0 Å². The number of likely N-dealkylation sites (tertiary alicyclic amines) is 1. The fourth-order valence-corrected chi connectivity index (χ4v) is 2.76. The van der Waals surface area contributed by atoms with Gasteiger partial charge in [-0.3, -0.25) is 4.79 Å². The van der Waals surface area contributed by atoms with Crippen molar-refractivity contribution in [1.82, 2.24) is 0 Å². The number of hydrogen-bond donors (Lipinski definition) is 1. The minimum absolute atomic E-state index is 0.272. The molecular weight excluding hydrogens is 270 g/mol. The summed E-state index contributed by atoms with van der Waals surface area (Å²) in [6, 6.07) is 8.29. The molecule has 0 bridgehead atoms. The van der Waals surface area contributed by atoms with Crippen molar-refractivity contribution in [2.75, 3.05) is 6.54 Å². The zero-order valence-electron chi connectivity index (χ0n) is 11.9. The third-order valence-corrected chi connectivity index (χ3v) is 4.06. The summed E-state index contributed by atoms with van der Waals surface area (Å²) in [7, 11) is 0. The maximum absolute atomic E-state index is 12.3. The average Bonchev–Trinajstić information content (AvgIpc) is 2.88. The van der Waals surface area contributed by atoms with Crippen LogP contribution in [-0.4, -0.2) is 40.0 Å². The van der Waals surface area contributed by atoms with E-state index in [9.17, 15) is 19.5 Å². The van der Waals surface area contributed by atoms with E-state index in [-0.39, 0.29) is 18.4 Å². The number of hydrogen-bond acceptors (Lipinski definition) is 3.